The van der Waals surface area contributed by atoms with E-state index in [9.17, 15) is 19.2 Å². The van der Waals surface area contributed by atoms with E-state index in [0.29, 0.717) is 85.1 Å². The van der Waals surface area contributed by atoms with E-state index in [2.05, 4.69) is 58.2 Å². The molecule has 0 saturated carbocycles. The normalized spacial score (nSPS) is 17.9. The van der Waals surface area contributed by atoms with Crippen LogP contribution >= 0.6 is 23.1 Å². The van der Waals surface area contributed by atoms with E-state index in [1.165, 1.54) is 11.3 Å². The second kappa shape index (κ2) is 20.1. The Morgan fingerprint density at radius 3 is 2.53 bits per heavy atom. The zero-order valence-electron chi connectivity index (χ0n) is 33.2. The number of ether oxygens (including phenoxy) is 2. The quantitative estimate of drug-likeness (QED) is 0.0647. The van der Waals surface area contributed by atoms with Crippen LogP contribution in [0.3, 0.4) is 0 Å². The summed E-state index contributed by atoms with van der Waals surface area (Å²) >= 11 is 3.09. The Balaban J connectivity index is 0.756. The number of aromatic nitrogens is 2. The number of thioether (sulfide) groups is 1. The van der Waals surface area contributed by atoms with E-state index < -0.39 is 17.9 Å². The van der Waals surface area contributed by atoms with Crippen molar-refractivity contribution in [1.82, 2.24) is 25.1 Å². The van der Waals surface area contributed by atoms with Crippen LogP contribution in [0, 0.1) is 5.92 Å². The molecule has 3 aliphatic rings. The fraction of sp³-hybridized carbons (Fsp3) is 0.561. The molecular weight excluding hydrogens is 767 g/mol. The highest BCUT2D eigenvalue weighted by Crippen LogP contribution is 2.34. The Labute approximate surface area is 342 Å². The van der Waals surface area contributed by atoms with Gasteiger partial charge < -0.3 is 34.7 Å². The van der Waals surface area contributed by atoms with Crippen molar-refractivity contribution in [3.8, 4) is 0 Å². The molecule has 0 spiro atoms. The molecule has 5 heterocycles. The minimum absolute atomic E-state index is 0.00952. The minimum atomic E-state index is -0.841. The Bertz CT molecular complexity index is 1880. The zero-order chi connectivity index (χ0) is 40.4. The number of rotatable bonds is 20. The van der Waals surface area contributed by atoms with E-state index in [-0.39, 0.29) is 23.1 Å². The molecule has 1 unspecified atom stereocenters. The number of fused-ring (bicyclic) bond motifs is 1. The summed E-state index contributed by atoms with van der Waals surface area (Å²) in [5.41, 5.74) is 1.66. The van der Waals surface area contributed by atoms with Gasteiger partial charge in [0.25, 0.3) is 11.8 Å². The molecular formula is C41H55N7O7S2. The van der Waals surface area contributed by atoms with Crippen molar-refractivity contribution in [2.45, 2.75) is 93.6 Å². The van der Waals surface area contributed by atoms with E-state index in [1.54, 1.807) is 42.4 Å². The van der Waals surface area contributed by atoms with Crippen molar-refractivity contribution in [3.63, 3.8) is 0 Å². The average Bonchev–Trinajstić information content (AvgIpc) is 3.92. The molecule has 57 heavy (non-hydrogen) atoms. The lowest BCUT2D eigenvalue weighted by atomic mass is 9.94. The van der Waals surface area contributed by atoms with Gasteiger partial charge in [0, 0.05) is 35.9 Å². The lowest BCUT2D eigenvalue weighted by Gasteiger charge is -2.31. The number of anilines is 2. The maximum absolute atomic E-state index is 13.3. The highest BCUT2D eigenvalue weighted by molar-refractivity contribution is 8.00. The van der Waals surface area contributed by atoms with Crippen molar-refractivity contribution in [2.75, 3.05) is 63.2 Å². The van der Waals surface area contributed by atoms with Gasteiger partial charge in [-0.25, -0.2) is 9.97 Å². The number of thiazole rings is 1. The largest absolute Gasteiger partial charge is 0.444 e. The second-order valence-corrected chi connectivity index (χ2v) is 18.0. The number of nitrogens with one attached hydrogen (secondary N) is 3. The SMILES string of the molecule is C=C1CCC(N2C(=O)c3cccc(NCCOCCOCCCCCCN4CCC(C(=O)Nc5ncc(SCc6ncc(C(C)(C)C)o6)s5)CC4)c3C2=O)C(=O)N1. The Hall–Kier alpha value is -4.09. The number of carbonyl (C=O) groups excluding carboxylic acids is 4. The zero-order valence-corrected chi connectivity index (χ0v) is 34.9. The van der Waals surface area contributed by atoms with Gasteiger partial charge in [-0.2, -0.15) is 0 Å². The first-order valence-electron chi connectivity index (χ1n) is 19.9. The van der Waals surface area contributed by atoms with Crippen LogP contribution in [0.5, 0.6) is 0 Å². The molecule has 0 bridgehead atoms. The summed E-state index contributed by atoms with van der Waals surface area (Å²) in [6.45, 7) is 15.5. The molecule has 308 valence electrons. The molecule has 2 fully saturated rings. The standard InChI is InChI=1S/C41H55N7O7S2/c1-27-12-13-31(37(50)45-27)48-38(51)29-10-9-11-30(35(29)39(48)52)42-16-21-54-23-22-53-20-8-6-5-7-17-47-18-14-28(15-19-47)36(49)46-40-44-25-34(57-40)56-26-33-43-24-32(55-33)41(2,3)4/h9-11,24-25,28,31,42H,1,5-8,12-23,26H2,2-4H3,(H,45,50)(H,44,46,49). The van der Waals surface area contributed by atoms with Crippen molar-refractivity contribution in [3.05, 3.63) is 65.6 Å². The number of hydrogen-bond donors (Lipinski definition) is 3. The second-order valence-electron chi connectivity index (χ2n) is 15.7. The number of amides is 4. The molecule has 0 aliphatic carbocycles. The minimum Gasteiger partial charge on any atom is -0.444 e. The molecule has 4 amide bonds. The lowest BCUT2D eigenvalue weighted by Crippen LogP contribution is -2.51. The third-order valence-corrected chi connectivity index (χ3v) is 12.4. The smallest absolute Gasteiger partial charge is 0.264 e. The summed E-state index contributed by atoms with van der Waals surface area (Å²) in [5, 5.41) is 9.54. The van der Waals surface area contributed by atoms with Crippen LogP contribution in [-0.2, 0) is 30.2 Å². The van der Waals surface area contributed by atoms with Crippen molar-refractivity contribution >= 4 is 57.5 Å². The van der Waals surface area contributed by atoms with Gasteiger partial charge in [-0.05, 0) is 70.3 Å². The number of unbranched alkanes of at least 4 members (excludes halogenated alkanes) is 3. The molecule has 2 saturated heterocycles. The molecule has 16 heteroatoms. The Morgan fingerprint density at radius 2 is 1.77 bits per heavy atom. The molecule has 2 aromatic heterocycles. The van der Waals surface area contributed by atoms with Crippen molar-refractivity contribution in [1.29, 1.82) is 0 Å². The Kier molecular flexibility index (Phi) is 15.0. The van der Waals surface area contributed by atoms with Crippen LogP contribution < -0.4 is 16.0 Å². The molecule has 3 N–H and O–H groups in total. The van der Waals surface area contributed by atoms with Crippen LogP contribution in [0.1, 0.15) is 105 Å². The number of imide groups is 1. The van der Waals surface area contributed by atoms with Crippen LogP contribution in [0.2, 0.25) is 0 Å². The van der Waals surface area contributed by atoms with Gasteiger partial charge in [-0.15, -0.1) is 11.8 Å². The van der Waals surface area contributed by atoms with Gasteiger partial charge in [0.1, 0.15) is 11.8 Å². The van der Waals surface area contributed by atoms with Gasteiger partial charge >= 0.3 is 0 Å². The van der Waals surface area contributed by atoms with Gasteiger partial charge in [0.2, 0.25) is 17.7 Å². The van der Waals surface area contributed by atoms with Gasteiger partial charge in [-0.3, -0.25) is 24.1 Å². The van der Waals surface area contributed by atoms with Crippen LogP contribution in [0.25, 0.3) is 0 Å². The topological polar surface area (TPSA) is 168 Å². The Morgan fingerprint density at radius 1 is 1.00 bits per heavy atom. The molecule has 14 nitrogen and oxygen atoms in total. The molecule has 1 aromatic carbocycles. The first-order valence-corrected chi connectivity index (χ1v) is 21.7. The first-order chi connectivity index (χ1) is 27.5. The van der Waals surface area contributed by atoms with Gasteiger partial charge in [0.05, 0.1) is 53.3 Å². The number of likely N-dealkylation sites (tertiary alicyclic amines) is 1. The average molecular weight is 822 g/mol. The fourth-order valence-corrected chi connectivity index (χ4v) is 8.81. The number of piperidine rings is 2. The molecule has 0 radical (unpaired) electrons. The molecule has 6 rings (SSSR count). The number of hydrogen-bond acceptors (Lipinski definition) is 13. The van der Waals surface area contributed by atoms with Gasteiger partial charge in [-0.1, -0.05) is 57.6 Å². The summed E-state index contributed by atoms with van der Waals surface area (Å²) in [6, 6.07) is 4.26. The van der Waals surface area contributed by atoms with Gasteiger partial charge in [0.15, 0.2) is 5.13 Å². The summed E-state index contributed by atoms with van der Waals surface area (Å²) in [4.78, 5) is 64.1. The highest BCUT2D eigenvalue weighted by atomic mass is 32.2. The summed E-state index contributed by atoms with van der Waals surface area (Å²) in [7, 11) is 0. The van der Waals surface area contributed by atoms with E-state index >= 15 is 0 Å². The van der Waals surface area contributed by atoms with Crippen molar-refractivity contribution in [2.24, 2.45) is 5.92 Å². The number of allylic oxidation sites excluding steroid dienone is 1. The number of benzene rings is 1. The predicted molar refractivity (Wildman–Crippen MR) is 221 cm³/mol. The fourth-order valence-electron chi connectivity index (χ4n) is 7.08. The lowest BCUT2D eigenvalue weighted by molar-refractivity contribution is -0.125. The third kappa shape index (κ3) is 11.5. The predicted octanol–water partition coefficient (Wildman–Crippen LogP) is 6.47. The first kappa shape index (κ1) is 42.5. The van der Waals surface area contributed by atoms with Crippen LogP contribution in [-0.4, -0.2) is 102 Å². The molecule has 3 aromatic rings. The molecule has 3 aliphatic heterocycles. The highest BCUT2D eigenvalue weighted by Gasteiger charge is 2.45. The monoisotopic (exact) mass is 821 g/mol. The van der Waals surface area contributed by atoms with E-state index in [1.807, 2.05) is 0 Å². The number of oxazole rings is 1. The molecule has 1 atom stereocenters. The summed E-state index contributed by atoms with van der Waals surface area (Å²) in [5.74, 6) is 0.951. The maximum atomic E-state index is 13.3. The van der Waals surface area contributed by atoms with Crippen LogP contribution in [0.4, 0.5) is 10.8 Å². The maximum Gasteiger partial charge on any atom is 0.264 e. The van der Waals surface area contributed by atoms with E-state index in [0.717, 1.165) is 73.0 Å². The van der Waals surface area contributed by atoms with Crippen molar-refractivity contribution < 1.29 is 33.1 Å². The van der Waals surface area contributed by atoms with Crippen LogP contribution in [0.15, 0.2) is 51.5 Å². The third-order valence-electron chi connectivity index (χ3n) is 10.3. The summed E-state index contributed by atoms with van der Waals surface area (Å²) in [6.07, 6.45) is 10.6. The summed E-state index contributed by atoms with van der Waals surface area (Å²) < 4.78 is 18.4. The number of nitrogens with zero attached hydrogens (tertiary/aromatic N) is 4. The van der Waals surface area contributed by atoms with E-state index in [4.69, 9.17) is 13.9 Å². The number of carbonyl (C=O) groups is 4.